The number of nitrogens with zero attached hydrogens (tertiary/aromatic N) is 1. The summed E-state index contributed by atoms with van der Waals surface area (Å²) < 4.78 is 6.28. The highest BCUT2D eigenvalue weighted by Gasteiger charge is 2.41. The van der Waals surface area contributed by atoms with Crippen molar-refractivity contribution in [1.82, 2.24) is 0 Å². The van der Waals surface area contributed by atoms with Crippen LogP contribution in [0.5, 0.6) is 0 Å². The summed E-state index contributed by atoms with van der Waals surface area (Å²) in [6.45, 7) is 11.8. The van der Waals surface area contributed by atoms with Crippen molar-refractivity contribution in [3.63, 3.8) is 0 Å². The summed E-state index contributed by atoms with van der Waals surface area (Å²) in [5.41, 5.74) is 1.37. The van der Waals surface area contributed by atoms with Gasteiger partial charge < -0.3 is 14.4 Å². The van der Waals surface area contributed by atoms with Crippen LogP contribution in [-0.4, -0.2) is 39.3 Å². The first kappa shape index (κ1) is 20.4. The third-order valence-electron chi connectivity index (χ3n) is 4.65. The molecule has 0 aliphatic carbocycles. The Hall–Kier alpha value is -1.66. The number of Topliss-reactive ketones (excluding diaryl/α,β-unsaturated/α-hetero) is 1. The van der Waals surface area contributed by atoms with Gasteiger partial charge in [-0.1, -0.05) is 20.8 Å². The SMILES string of the molecule is CC(=O)C(O[Si](C)(C)C(C)(C)C)c1cc(N(C)C)ccc1C(=O)O. The fourth-order valence-electron chi connectivity index (χ4n) is 2.08. The molecule has 24 heavy (non-hydrogen) atoms. The van der Waals surface area contributed by atoms with E-state index in [-0.39, 0.29) is 16.4 Å². The molecule has 0 saturated carbocycles. The number of benzene rings is 1. The van der Waals surface area contributed by atoms with Gasteiger partial charge in [-0.05, 0) is 43.3 Å². The van der Waals surface area contributed by atoms with E-state index in [0.717, 1.165) is 5.69 Å². The van der Waals surface area contributed by atoms with E-state index in [1.807, 2.05) is 19.0 Å². The fourth-order valence-corrected chi connectivity index (χ4v) is 3.31. The quantitative estimate of drug-likeness (QED) is 0.782. The van der Waals surface area contributed by atoms with Gasteiger partial charge in [0.15, 0.2) is 14.1 Å². The summed E-state index contributed by atoms with van der Waals surface area (Å²) in [4.78, 5) is 25.8. The number of carboxylic acids is 1. The van der Waals surface area contributed by atoms with Crippen molar-refractivity contribution in [3.05, 3.63) is 29.3 Å². The molecule has 0 aliphatic heterocycles. The van der Waals surface area contributed by atoms with E-state index in [1.54, 1.807) is 12.1 Å². The Balaban J connectivity index is 3.47. The molecule has 1 aromatic rings. The summed E-state index contributed by atoms with van der Waals surface area (Å²) in [6.07, 6.45) is -0.864. The number of anilines is 1. The zero-order valence-corrected chi connectivity index (χ0v) is 16.9. The van der Waals surface area contributed by atoms with Crippen LogP contribution in [0, 0.1) is 0 Å². The first-order valence-corrected chi connectivity index (χ1v) is 10.9. The predicted molar refractivity (Wildman–Crippen MR) is 99.4 cm³/mol. The lowest BCUT2D eigenvalue weighted by molar-refractivity contribution is -0.124. The maximum absolute atomic E-state index is 12.3. The van der Waals surface area contributed by atoms with E-state index in [9.17, 15) is 14.7 Å². The van der Waals surface area contributed by atoms with Crippen LogP contribution in [0.1, 0.15) is 49.7 Å². The minimum atomic E-state index is -2.24. The molecule has 1 unspecified atom stereocenters. The molecule has 0 radical (unpaired) electrons. The van der Waals surface area contributed by atoms with Crippen molar-refractivity contribution in [2.45, 2.75) is 51.9 Å². The first-order chi connectivity index (χ1) is 10.8. The van der Waals surface area contributed by atoms with Crippen LogP contribution >= 0.6 is 0 Å². The fraction of sp³-hybridized carbons (Fsp3) is 0.556. The normalized spacial score (nSPS) is 13.5. The van der Waals surface area contributed by atoms with Crippen molar-refractivity contribution in [2.75, 3.05) is 19.0 Å². The molecule has 0 fully saturated rings. The third-order valence-corrected chi connectivity index (χ3v) is 9.09. The molecule has 0 amide bonds. The highest BCUT2D eigenvalue weighted by atomic mass is 28.4. The molecule has 0 spiro atoms. The van der Waals surface area contributed by atoms with E-state index in [4.69, 9.17) is 4.43 Å². The number of hydrogen-bond donors (Lipinski definition) is 1. The molecule has 0 aliphatic rings. The van der Waals surface area contributed by atoms with E-state index < -0.39 is 20.4 Å². The van der Waals surface area contributed by atoms with E-state index in [2.05, 4.69) is 33.9 Å². The van der Waals surface area contributed by atoms with Gasteiger partial charge in [0.05, 0.1) is 5.56 Å². The van der Waals surface area contributed by atoms with Crippen molar-refractivity contribution in [1.29, 1.82) is 0 Å². The molecule has 1 aromatic carbocycles. The highest BCUT2D eigenvalue weighted by Crippen LogP contribution is 2.40. The summed E-state index contributed by atoms with van der Waals surface area (Å²) >= 11 is 0. The zero-order valence-electron chi connectivity index (χ0n) is 15.9. The Morgan fingerprint density at radius 3 is 2.12 bits per heavy atom. The maximum atomic E-state index is 12.3. The Morgan fingerprint density at radius 2 is 1.75 bits per heavy atom. The minimum Gasteiger partial charge on any atom is -0.478 e. The number of aromatic carboxylic acids is 1. The van der Waals surface area contributed by atoms with Crippen molar-refractivity contribution in [2.24, 2.45) is 0 Å². The average Bonchev–Trinajstić information content (AvgIpc) is 2.42. The summed E-state index contributed by atoms with van der Waals surface area (Å²) in [6, 6.07) is 5.01. The molecule has 0 aromatic heterocycles. The van der Waals surface area contributed by atoms with Crippen LogP contribution in [0.15, 0.2) is 18.2 Å². The van der Waals surface area contributed by atoms with Gasteiger partial charge in [-0.2, -0.15) is 0 Å². The largest absolute Gasteiger partial charge is 0.478 e. The third kappa shape index (κ3) is 4.45. The summed E-state index contributed by atoms with van der Waals surface area (Å²) in [7, 11) is 1.50. The van der Waals surface area contributed by atoms with Crippen LogP contribution < -0.4 is 4.90 Å². The molecule has 6 heteroatoms. The molecule has 5 nitrogen and oxygen atoms in total. The maximum Gasteiger partial charge on any atom is 0.336 e. The molecular formula is C18H29NO4Si. The van der Waals surface area contributed by atoms with Gasteiger partial charge >= 0.3 is 5.97 Å². The summed E-state index contributed by atoms with van der Waals surface area (Å²) in [5, 5.41) is 9.43. The van der Waals surface area contributed by atoms with Crippen molar-refractivity contribution >= 4 is 25.8 Å². The van der Waals surface area contributed by atoms with Crippen LogP contribution in [-0.2, 0) is 9.22 Å². The van der Waals surface area contributed by atoms with Crippen LogP contribution in [0.25, 0.3) is 0 Å². The second-order valence-electron chi connectivity index (χ2n) is 7.84. The van der Waals surface area contributed by atoms with Gasteiger partial charge in [0.1, 0.15) is 6.10 Å². The van der Waals surface area contributed by atoms with Gasteiger partial charge in [-0.3, -0.25) is 4.79 Å². The molecule has 1 N–H and O–H groups in total. The lowest BCUT2D eigenvalue weighted by atomic mass is 9.99. The van der Waals surface area contributed by atoms with Crippen LogP contribution in [0.3, 0.4) is 0 Å². The summed E-state index contributed by atoms with van der Waals surface area (Å²) in [5.74, 6) is -1.24. The lowest BCUT2D eigenvalue weighted by Gasteiger charge is -2.39. The highest BCUT2D eigenvalue weighted by molar-refractivity contribution is 6.74. The monoisotopic (exact) mass is 351 g/mol. The van der Waals surface area contributed by atoms with Gasteiger partial charge in [0, 0.05) is 25.3 Å². The van der Waals surface area contributed by atoms with Crippen molar-refractivity contribution < 1.29 is 19.1 Å². The first-order valence-electron chi connectivity index (χ1n) is 8.01. The molecule has 1 atom stereocenters. The molecule has 0 heterocycles. The Bertz CT molecular complexity index is 632. The predicted octanol–water partition coefficient (Wildman–Crippen LogP) is 4.10. The van der Waals surface area contributed by atoms with Crippen molar-refractivity contribution in [3.8, 4) is 0 Å². The number of carbonyl (C=O) groups is 2. The van der Waals surface area contributed by atoms with E-state index >= 15 is 0 Å². The number of hydrogen-bond acceptors (Lipinski definition) is 4. The second kappa shape index (κ2) is 7.07. The molecule has 134 valence electrons. The number of carbonyl (C=O) groups excluding carboxylic acids is 1. The number of carboxylic acid groups (broad SMARTS) is 1. The van der Waals surface area contributed by atoms with Gasteiger partial charge in [0.2, 0.25) is 0 Å². The van der Waals surface area contributed by atoms with Gasteiger partial charge in [-0.25, -0.2) is 4.79 Å². The standard InChI is InChI=1S/C18H29NO4Si/c1-12(20)16(23-24(7,8)18(2,3)4)15-11-13(19(5)6)9-10-14(15)17(21)22/h9-11,16H,1-8H3,(H,21,22). The topological polar surface area (TPSA) is 66.8 Å². The second-order valence-corrected chi connectivity index (χ2v) is 12.6. The molecule has 0 saturated heterocycles. The smallest absolute Gasteiger partial charge is 0.336 e. The van der Waals surface area contributed by atoms with Crippen LogP contribution in [0.4, 0.5) is 5.69 Å². The van der Waals surface area contributed by atoms with E-state index in [1.165, 1.54) is 13.0 Å². The Labute approximate surface area is 145 Å². The Kier molecular flexibility index (Phi) is 6.00. The molecule has 0 bridgehead atoms. The molecular weight excluding hydrogens is 322 g/mol. The number of ketones is 1. The molecule has 1 rings (SSSR count). The lowest BCUT2D eigenvalue weighted by Crippen LogP contribution is -2.43. The van der Waals surface area contributed by atoms with Crippen LogP contribution in [0.2, 0.25) is 18.1 Å². The average molecular weight is 352 g/mol. The zero-order chi connectivity index (χ0) is 18.9. The number of rotatable bonds is 6. The Morgan fingerprint density at radius 1 is 1.21 bits per heavy atom. The van der Waals surface area contributed by atoms with E-state index in [0.29, 0.717) is 5.56 Å². The minimum absolute atomic E-state index is 0.0801. The van der Waals surface area contributed by atoms with Gasteiger partial charge in [0.25, 0.3) is 0 Å². The van der Waals surface area contributed by atoms with Gasteiger partial charge in [-0.15, -0.1) is 0 Å².